The lowest BCUT2D eigenvalue weighted by molar-refractivity contribution is 0.423. The molecule has 0 unspecified atom stereocenters. The van der Waals surface area contributed by atoms with Crippen molar-refractivity contribution in [1.29, 1.82) is 0 Å². The Bertz CT molecular complexity index is 901. The van der Waals surface area contributed by atoms with E-state index in [1.165, 1.54) is 22.3 Å². The van der Waals surface area contributed by atoms with Crippen LogP contribution in [0, 0.1) is 0 Å². The van der Waals surface area contributed by atoms with Gasteiger partial charge in [-0.1, -0.05) is 108 Å². The predicted octanol–water partition coefficient (Wildman–Crippen LogP) is 7.25. The summed E-state index contributed by atoms with van der Waals surface area (Å²) in [6.45, 7) is 13.0. The van der Waals surface area contributed by atoms with E-state index in [1.54, 1.807) is 0 Å². The average Bonchev–Trinajstić information content (AvgIpc) is 2.62. The molecule has 1 heteroatoms. The first-order chi connectivity index (χ1) is 13.1. The molecule has 0 aliphatic carbocycles. The molecule has 0 heterocycles. The standard InChI is InChI=1S/C27H32O/c1-26(2,3)23-17-20(18-24(25(23)28)27(4,5)6)16-19-12-14-22(15-13-19)21-10-8-7-9-11-21/h7-15,17-18,28H,16H2,1-6H3. The molecule has 146 valence electrons. The number of phenols is 1. The summed E-state index contributed by atoms with van der Waals surface area (Å²) < 4.78 is 0. The largest absolute Gasteiger partial charge is 0.507 e. The lowest BCUT2D eigenvalue weighted by atomic mass is 9.78. The van der Waals surface area contributed by atoms with Gasteiger partial charge in [0.15, 0.2) is 0 Å². The molecule has 0 aromatic heterocycles. The van der Waals surface area contributed by atoms with Gasteiger partial charge in [0, 0.05) is 0 Å². The van der Waals surface area contributed by atoms with Gasteiger partial charge in [0.1, 0.15) is 5.75 Å². The van der Waals surface area contributed by atoms with Crippen LogP contribution in [0.3, 0.4) is 0 Å². The van der Waals surface area contributed by atoms with E-state index in [1.807, 2.05) is 6.07 Å². The second-order valence-corrected chi connectivity index (χ2v) is 9.78. The molecule has 0 spiro atoms. The third kappa shape index (κ3) is 4.47. The highest BCUT2D eigenvalue weighted by atomic mass is 16.3. The molecule has 0 aliphatic heterocycles. The van der Waals surface area contributed by atoms with Crippen LogP contribution in [0.5, 0.6) is 5.75 Å². The minimum Gasteiger partial charge on any atom is -0.507 e. The van der Waals surface area contributed by atoms with Crippen molar-refractivity contribution in [3.8, 4) is 16.9 Å². The minimum absolute atomic E-state index is 0.0999. The molecule has 1 N–H and O–H groups in total. The fourth-order valence-corrected chi connectivity index (χ4v) is 3.62. The van der Waals surface area contributed by atoms with Crippen molar-refractivity contribution in [2.45, 2.75) is 58.8 Å². The molecule has 0 atom stereocenters. The summed E-state index contributed by atoms with van der Waals surface area (Å²) in [5.41, 5.74) is 6.86. The number of rotatable bonds is 3. The van der Waals surface area contributed by atoms with Gasteiger partial charge < -0.3 is 5.11 Å². The maximum atomic E-state index is 10.9. The molecule has 0 saturated carbocycles. The smallest absolute Gasteiger partial charge is 0.123 e. The van der Waals surface area contributed by atoms with E-state index < -0.39 is 0 Å². The van der Waals surface area contributed by atoms with Crippen LogP contribution in [0.25, 0.3) is 11.1 Å². The summed E-state index contributed by atoms with van der Waals surface area (Å²) in [5.74, 6) is 0.447. The van der Waals surface area contributed by atoms with Gasteiger partial charge in [-0.3, -0.25) is 0 Å². The van der Waals surface area contributed by atoms with Crippen LogP contribution in [-0.4, -0.2) is 5.11 Å². The average molecular weight is 373 g/mol. The number of benzene rings is 3. The van der Waals surface area contributed by atoms with Gasteiger partial charge in [0.2, 0.25) is 0 Å². The fourth-order valence-electron chi connectivity index (χ4n) is 3.62. The predicted molar refractivity (Wildman–Crippen MR) is 120 cm³/mol. The summed E-state index contributed by atoms with van der Waals surface area (Å²) in [4.78, 5) is 0. The normalized spacial score (nSPS) is 12.2. The van der Waals surface area contributed by atoms with Crippen molar-refractivity contribution in [1.82, 2.24) is 0 Å². The molecule has 0 amide bonds. The Morgan fingerprint density at radius 3 is 1.54 bits per heavy atom. The Kier molecular flexibility index (Phi) is 5.39. The SMILES string of the molecule is CC(C)(C)c1cc(Cc2ccc(-c3ccccc3)cc2)cc(C(C)(C)C)c1O. The first kappa shape index (κ1) is 20.2. The van der Waals surface area contributed by atoms with Crippen LogP contribution in [0.1, 0.15) is 63.8 Å². The van der Waals surface area contributed by atoms with E-state index in [2.05, 4.69) is 102 Å². The van der Waals surface area contributed by atoms with E-state index >= 15 is 0 Å². The van der Waals surface area contributed by atoms with Crippen molar-refractivity contribution in [2.75, 3.05) is 0 Å². The molecule has 1 nitrogen and oxygen atoms in total. The third-order valence-electron chi connectivity index (χ3n) is 5.26. The Balaban J connectivity index is 1.96. The first-order valence-corrected chi connectivity index (χ1v) is 10.1. The molecule has 3 aromatic rings. The van der Waals surface area contributed by atoms with Gasteiger partial charge in [-0.2, -0.15) is 0 Å². The molecule has 28 heavy (non-hydrogen) atoms. The Labute approximate surface area is 170 Å². The molecule has 0 saturated heterocycles. The first-order valence-electron chi connectivity index (χ1n) is 10.1. The molecule has 0 radical (unpaired) electrons. The highest BCUT2D eigenvalue weighted by molar-refractivity contribution is 5.63. The summed E-state index contributed by atoms with van der Waals surface area (Å²) >= 11 is 0. The van der Waals surface area contributed by atoms with E-state index in [4.69, 9.17) is 0 Å². The maximum Gasteiger partial charge on any atom is 0.123 e. The van der Waals surface area contributed by atoms with Crippen molar-refractivity contribution < 1.29 is 5.11 Å². The zero-order valence-corrected chi connectivity index (χ0v) is 18.0. The van der Waals surface area contributed by atoms with Gasteiger partial charge in [-0.15, -0.1) is 0 Å². The van der Waals surface area contributed by atoms with Gasteiger partial charge in [0.05, 0.1) is 0 Å². The summed E-state index contributed by atoms with van der Waals surface area (Å²) in [6.07, 6.45) is 0.863. The zero-order chi connectivity index (χ0) is 20.5. The van der Waals surface area contributed by atoms with Crippen molar-refractivity contribution in [3.05, 3.63) is 89.0 Å². The molecule has 0 bridgehead atoms. The second kappa shape index (κ2) is 7.47. The van der Waals surface area contributed by atoms with Crippen LogP contribution in [-0.2, 0) is 17.3 Å². The topological polar surface area (TPSA) is 20.2 Å². The zero-order valence-electron chi connectivity index (χ0n) is 18.0. The lowest BCUT2D eigenvalue weighted by Crippen LogP contribution is -2.18. The van der Waals surface area contributed by atoms with Crippen LogP contribution in [0.2, 0.25) is 0 Å². The quantitative estimate of drug-likeness (QED) is 0.513. The second-order valence-electron chi connectivity index (χ2n) is 9.78. The number of phenolic OH excluding ortho intramolecular Hbond substituents is 1. The highest BCUT2D eigenvalue weighted by Crippen LogP contribution is 2.40. The summed E-state index contributed by atoms with van der Waals surface area (Å²) in [5, 5.41) is 10.9. The molecule has 0 aliphatic rings. The molecule has 3 rings (SSSR count). The van der Waals surface area contributed by atoms with Crippen LogP contribution >= 0.6 is 0 Å². The van der Waals surface area contributed by atoms with Crippen LogP contribution in [0.4, 0.5) is 0 Å². The number of aromatic hydroxyl groups is 1. The maximum absolute atomic E-state index is 10.9. The molecular formula is C27H32O. The highest BCUT2D eigenvalue weighted by Gasteiger charge is 2.26. The Morgan fingerprint density at radius 2 is 1.07 bits per heavy atom. The summed E-state index contributed by atoms with van der Waals surface area (Å²) in [6, 6.07) is 23.6. The van der Waals surface area contributed by atoms with Gasteiger partial charge in [-0.05, 0) is 50.6 Å². The fraction of sp³-hybridized carbons (Fsp3) is 0.333. The molecular weight excluding hydrogens is 340 g/mol. The van der Waals surface area contributed by atoms with E-state index in [0.717, 1.165) is 17.5 Å². The van der Waals surface area contributed by atoms with E-state index in [-0.39, 0.29) is 10.8 Å². The lowest BCUT2D eigenvalue weighted by Gasteiger charge is -2.28. The monoisotopic (exact) mass is 372 g/mol. The van der Waals surface area contributed by atoms with E-state index in [9.17, 15) is 5.11 Å². The third-order valence-corrected chi connectivity index (χ3v) is 5.26. The number of hydrogen-bond donors (Lipinski definition) is 1. The Hall–Kier alpha value is -2.54. The minimum atomic E-state index is -0.0999. The van der Waals surface area contributed by atoms with Crippen LogP contribution < -0.4 is 0 Å². The van der Waals surface area contributed by atoms with Gasteiger partial charge in [0.25, 0.3) is 0 Å². The van der Waals surface area contributed by atoms with E-state index in [0.29, 0.717) is 5.75 Å². The Morgan fingerprint density at radius 1 is 0.607 bits per heavy atom. The number of hydrogen-bond acceptors (Lipinski definition) is 1. The van der Waals surface area contributed by atoms with Gasteiger partial charge in [-0.25, -0.2) is 0 Å². The van der Waals surface area contributed by atoms with Crippen LogP contribution in [0.15, 0.2) is 66.7 Å². The van der Waals surface area contributed by atoms with Crippen molar-refractivity contribution in [2.24, 2.45) is 0 Å². The molecule has 3 aromatic carbocycles. The van der Waals surface area contributed by atoms with Crippen molar-refractivity contribution in [3.63, 3.8) is 0 Å². The summed E-state index contributed by atoms with van der Waals surface area (Å²) in [7, 11) is 0. The molecule has 0 fully saturated rings. The van der Waals surface area contributed by atoms with Crippen molar-refractivity contribution >= 4 is 0 Å². The van der Waals surface area contributed by atoms with Gasteiger partial charge >= 0.3 is 0 Å².